The van der Waals surface area contributed by atoms with Crippen LogP contribution in [-0.2, 0) is 4.79 Å². The number of hydrogen-bond donors (Lipinski definition) is 1. The lowest BCUT2D eigenvalue weighted by molar-refractivity contribution is -0.406. The average molecular weight is 471 g/mol. The first-order valence-electron chi connectivity index (χ1n) is 7.88. The third-order valence-electron chi connectivity index (χ3n) is 4.17. The third kappa shape index (κ3) is 3.65. The number of rotatable bonds is 7. The predicted octanol–water partition coefficient (Wildman–Crippen LogP) is 6.22. The molecule has 1 N–H and O–H groups in total. The minimum absolute atomic E-state index is 0.254. The fourth-order valence-corrected chi connectivity index (χ4v) is 2.36. The van der Waals surface area contributed by atoms with Gasteiger partial charge in [-0.2, -0.15) is 43.9 Å². The molecule has 0 aliphatic carbocycles. The minimum atomic E-state index is -7.76. The summed E-state index contributed by atoms with van der Waals surface area (Å²) in [7, 11) is 0. The SMILES string of the molecule is O=C(Nc1ccc2ccccc2c1)C(F)(F)C(F)(F)C(F)(F)C(F)(F)C(F)(F)C(F)F. The Morgan fingerprint density at radius 3 is 1.74 bits per heavy atom. The van der Waals surface area contributed by atoms with E-state index >= 15 is 0 Å². The normalized spacial score (nSPS) is 14.2. The van der Waals surface area contributed by atoms with Crippen molar-refractivity contribution < 1.29 is 57.5 Å². The summed E-state index contributed by atoms with van der Waals surface area (Å²) in [6.45, 7) is 0. The Morgan fingerprint density at radius 2 is 1.23 bits per heavy atom. The second-order valence-corrected chi connectivity index (χ2v) is 6.24. The summed E-state index contributed by atoms with van der Waals surface area (Å²) >= 11 is 0. The van der Waals surface area contributed by atoms with Gasteiger partial charge in [0.1, 0.15) is 0 Å². The van der Waals surface area contributed by atoms with E-state index in [1.807, 2.05) is 0 Å². The molecule has 14 heteroatoms. The lowest BCUT2D eigenvalue weighted by Gasteiger charge is -2.38. The molecular weight excluding hydrogens is 462 g/mol. The Kier molecular flexibility index (Phi) is 5.94. The maximum Gasteiger partial charge on any atom is 0.393 e. The van der Waals surface area contributed by atoms with E-state index in [1.54, 1.807) is 6.07 Å². The first kappa shape index (κ1) is 24.6. The van der Waals surface area contributed by atoms with Crippen LogP contribution in [0.1, 0.15) is 0 Å². The van der Waals surface area contributed by atoms with E-state index in [9.17, 15) is 57.5 Å². The number of carbonyl (C=O) groups excluding carboxylic acids is 1. The largest absolute Gasteiger partial charge is 0.393 e. The number of carbonyl (C=O) groups is 1. The van der Waals surface area contributed by atoms with E-state index in [2.05, 4.69) is 0 Å². The molecule has 0 radical (unpaired) electrons. The molecule has 172 valence electrons. The van der Waals surface area contributed by atoms with E-state index < -0.39 is 47.6 Å². The molecule has 2 rings (SSSR count). The van der Waals surface area contributed by atoms with Crippen molar-refractivity contribution in [3.8, 4) is 0 Å². The number of nitrogens with one attached hydrogen (secondary N) is 1. The highest BCUT2D eigenvalue weighted by atomic mass is 19.4. The molecule has 0 spiro atoms. The quantitative estimate of drug-likeness (QED) is 0.478. The van der Waals surface area contributed by atoms with Gasteiger partial charge in [-0.1, -0.05) is 30.3 Å². The fraction of sp³-hybridized carbons (Fsp3) is 0.353. The predicted molar refractivity (Wildman–Crippen MR) is 83.3 cm³/mol. The van der Waals surface area contributed by atoms with Gasteiger partial charge in [0.05, 0.1) is 0 Å². The summed E-state index contributed by atoms with van der Waals surface area (Å²) < 4.78 is 158. The van der Waals surface area contributed by atoms with Gasteiger partial charge in [0, 0.05) is 5.69 Å². The molecule has 0 aromatic heterocycles. The van der Waals surface area contributed by atoms with Gasteiger partial charge >= 0.3 is 41.9 Å². The third-order valence-corrected chi connectivity index (χ3v) is 4.17. The molecule has 0 heterocycles. The highest BCUT2D eigenvalue weighted by Crippen LogP contribution is 2.58. The number of halogens is 12. The Balaban J connectivity index is 2.41. The zero-order valence-electron chi connectivity index (χ0n) is 14.6. The van der Waals surface area contributed by atoms with Crippen molar-refractivity contribution in [2.75, 3.05) is 5.32 Å². The van der Waals surface area contributed by atoms with Gasteiger partial charge in [-0.05, 0) is 22.9 Å². The summed E-state index contributed by atoms with van der Waals surface area (Å²) in [5, 5.41) is 1.81. The van der Waals surface area contributed by atoms with E-state index in [0.717, 1.165) is 17.4 Å². The van der Waals surface area contributed by atoms with E-state index in [1.165, 1.54) is 24.3 Å². The van der Waals surface area contributed by atoms with Gasteiger partial charge in [0.25, 0.3) is 0 Å². The summed E-state index contributed by atoms with van der Waals surface area (Å²) in [6.07, 6.45) is -5.61. The van der Waals surface area contributed by atoms with Gasteiger partial charge in [-0.3, -0.25) is 4.79 Å². The second kappa shape index (κ2) is 7.48. The van der Waals surface area contributed by atoms with Crippen molar-refractivity contribution in [1.29, 1.82) is 0 Å². The molecule has 0 atom stereocenters. The number of anilines is 1. The maximum absolute atomic E-state index is 13.8. The maximum atomic E-state index is 13.8. The number of amides is 1. The van der Waals surface area contributed by atoms with Crippen LogP contribution in [-0.4, -0.2) is 41.9 Å². The molecule has 0 saturated heterocycles. The van der Waals surface area contributed by atoms with Crippen molar-refractivity contribution in [3.05, 3.63) is 42.5 Å². The van der Waals surface area contributed by atoms with E-state index in [4.69, 9.17) is 0 Å². The summed E-state index contributed by atoms with van der Waals surface area (Å²) in [6, 6.07) is 8.86. The van der Waals surface area contributed by atoms with Gasteiger partial charge in [-0.15, -0.1) is 0 Å². The molecule has 0 saturated carbocycles. The summed E-state index contributed by atoms with van der Waals surface area (Å²) in [5.41, 5.74) is -0.660. The lowest BCUT2D eigenvalue weighted by Crippen LogP contribution is -2.70. The second-order valence-electron chi connectivity index (χ2n) is 6.24. The summed E-state index contributed by atoms with van der Waals surface area (Å²) in [4.78, 5) is 11.5. The van der Waals surface area contributed by atoms with Gasteiger partial charge in [0.2, 0.25) is 0 Å². The molecule has 31 heavy (non-hydrogen) atoms. The number of fused-ring (bicyclic) bond motifs is 1. The Morgan fingerprint density at radius 1 is 0.710 bits per heavy atom. The molecule has 0 aliphatic rings. The standard InChI is InChI=1S/C17H9F12NO/c18-11(19)13(20,21)15(24,25)17(28,29)16(26,27)14(22,23)12(31)30-10-6-5-8-3-1-2-4-9(8)7-10/h1-7,11H,(H,30,31). The highest BCUT2D eigenvalue weighted by molar-refractivity contribution is 5.99. The van der Waals surface area contributed by atoms with Crippen molar-refractivity contribution >= 4 is 22.4 Å². The van der Waals surface area contributed by atoms with E-state index in [0.29, 0.717) is 5.39 Å². The van der Waals surface area contributed by atoms with Crippen LogP contribution in [0.2, 0.25) is 0 Å². The van der Waals surface area contributed by atoms with Crippen LogP contribution in [0.3, 0.4) is 0 Å². The van der Waals surface area contributed by atoms with Gasteiger partial charge in [-0.25, -0.2) is 8.78 Å². The van der Waals surface area contributed by atoms with Crippen LogP contribution in [0, 0.1) is 0 Å². The molecule has 0 fully saturated rings. The van der Waals surface area contributed by atoms with Crippen LogP contribution in [0.4, 0.5) is 58.4 Å². The van der Waals surface area contributed by atoms with Crippen molar-refractivity contribution in [3.63, 3.8) is 0 Å². The molecule has 0 bridgehead atoms. The number of hydrogen-bond acceptors (Lipinski definition) is 1. The zero-order chi connectivity index (χ0) is 24.0. The average Bonchev–Trinajstić information content (AvgIpc) is 2.66. The Hall–Kier alpha value is -2.67. The zero-order valence-corrected chi connectivity index (χ0v) is 14.6. The molecule has 0 aliphatic heterocycles. The first-order chi connectivity index (χ1) is 13.9. The molecule has 2 nitrogen and oxygen atoms in total. The topological polar surface area (TPSA) is 29.1 Å². The van der Waals surface area contributed by atoms with Gasteiger partial charge < -0.3 is 5.32 Å². The lowest BCUT2D eigenvalue weighted by atomic mass is 9.94. The molecule has 2 aromatic carbocycles. The van der Waals surface area contributed by atoms with E-state index in [-0.39, 0.29) is 5.39 Å². The van der Waals surface area contributed by atoms with Crippen LogP contribution in [0.25, 0.3) is 10.8 Å². The Labute approximate surface area is 164 Å². The molecular formula is C17H9F12NO. The van der Waals surface area contributed by atoms with Gasteiger partial charge in [0.15, 0.2) is 0 Å². The number of alkyl halides is 12. The van der Waals surface area contributed by atoms with Crippen LogP contribution in [0.5, 0.6) is 0 Å². The molecule has 1 amide bonds. The number of benzene rings is 2. The molecule has 2 aromatic rings. The highest BCUT2D eigenvalue weighted by Gasteiger charge is 2.89. The van der Waals surface area contributed by atoms with Crippen LogP contribution < -0.4 is 5.32 Å². The van der Waals surface area contributed by atoms with Crippen LogP contribution >= 0.6 is 0 Å². The van der Waals surface area contributed by atoms with Crippen LogP contribution in [0.15, 0.2) is 42.5 Å². The monoisotopic (exact) mass is 471 g/mol. The summed E-state index contributed by atoms with van der Waals surface area (Å²) in [5.74, 6) is -40.0. The minimum Gasteiger partial charge on any atom is -0.321 e. The first-order valence-corrected chi connectivity index (χ1v) is 7.88. The fourth-order valence-electron chi connectivity index (χ4n) is 2.36. The smallest absolute Gasteiger partial charge is 0.321 e. The van der Waals surface area contributed by atoms with Crippen molar-refractivity contribution in [1.82, 2.24) is 0 Å². The molecule has 0 unspecified atom stereocenters. The van der Waals surface area contributed by atoms with Crippen molar-refractivity contribution in [2.45, 2.75) is 36.0 Å². The van der Waals surface area contributed by atoms with Crippen molar-refractivity contribution in [2.24, 2.45) is 0 Å². The Bertz CT molecular complexity index is 972.